The molecule has 2 amide bonds. The molecule has 0 aromatic heterocycles. The first-order valence-corrected chi connectivity index (χ1v) is 10.4. The zero-order valence-corrected chi connectivity index (χ0v) is 18.0. The number of carbonyl (C=O) groups excluding carboxylic acids is 2. The smallest absolute Gasteiger partial charge is 0.333 e. The van der Waals surface area contributed by atoms with E-state index in [1.165, 1.54) is 19.1 Å². The number of nitrogens with zero attached hydrogens (tertiary/aromatic N) is 2. The Kier molecular flexibility index (Phi) is 5.82. The fourth-order valence-electron chi connectivity index (χ4n) is 4.01. The van der Waals surface area contributed by atoms with Gasteiger partial charge in [-0.1, -0.05) is 0 Å². The number of anilines is 1. The Morgan fingerprint density at radius 3 is 2.52 bits per heavy atom. The monoisotopic (exact) mass is 459 g/mol. The van der Waals surface area contributed by atoms with Crippen molar-refractivity contribution in [3.05, 3.63) is 76.0 Å². The molecule has 0 saturated carbocycles. The summed E-state index contributed by atoms with van der Waals surface area (Å²) in [6.07, 6.45) is 0.883. The highest BCUT2D eigenvalue weighted by atomic mass is 19.3. The molecule has 2 heterocycles. The highest BCUT2D eigenvalue weighted by Crippen LogP contribution is 2.36. The molecule has 0 spiro atoms. The fourth-order valence-corrected chi connectivity index (χ4v) is 4.01. The highest BCUT2D eigenvalue weighted by molar-refractivity contribution is 6.04. The van der Waals surface area contributed by atoms with Gasteiger partial charge in [0.1, 0.15) is 11.6 Å². The lowest BCUT2D eigenvalue weighted by atomic mass is 10.00. The molecule has 172 valence electrons. The summed E-state index contributed by atoms with van der Waals surface area (Å²) < 4.78 is 58.1. The summed E-state index contributed by atoms with van der Waals surface area (Å²) in [6.45, 7) is 3.40. The van der Waals surface area contributed by atoms with E-state index in [0.29, 0.717) is 18.9 Å². The third-order valence-electron chi connectivity index (χ3n) is 5.74. The SMILES string of the molecule is CC1=NC2=C(C1)CN(C(=O)C(F)(F)c1cc(C(=O)Nc3ccc(F)c(C)c3)ccc1F)CC2. The van der Waals surface area contributed by atoms with Gasteiger partial charge in [-0.2, -0.15) is 8.78 Å². The van der Waals surface area contributed by atoms with Gasteiger partial charge in [0.15, 0.2) is 0 Å². The van der Waals surface area contributed by atoms with Gasteiger partial charge in [-0.25, -0.2) is 8.78 Å². The van der Waals surface area contributed by atoms with Crippen LogP contribution in [0.4, 0.5) is 23.2 Å². The number of aryl methyl sites for hydroxylation is 1. The third kappa shape index (κ3) is 4.40. The molecule has 0 unspecified atom stereocenters. The summed E-state index contributed by atoms with van der Waals surface area (Å²) >= 11 is 0. The van der Waals surface area contributed by atoms with Gasteiger partial charge in [-0.15, -0.1) is 0 Å². The molecule has 33 heavy (non-hydrogen) atoms. The van der Waals surface area contributed by atoms with Crippen molar-refractivity contribution in [1.29, 1.82) is 0 Å². The van der Waals surface area contributed by atoms with Crippen molar-refractivity contribution in [2.45, 2.75) is 32.6 Å². The third-order valence-corrected chi connectivity index (χ3v) is 5.74. The van der Waals surface area contributed by atoms with Gasteiger partial charge in [0.25, 0.3) is 11.8 Å². The zero-order chi connectivity index (χ0) is 23.9. The number of hydrogen-bond donors (Lipinski definition) is 1. The van der Waals surface area contributed by atoms with Crippen LogP contribution in [0.15, 0.2) is 52.7 Å². The quantitative estimate of drug-likeness (QED) is 0.657. The van der Waals surface area contributed by atoms with Crippen LogP contribution in [0.5, 0.6) is 0 Å². The van der Waals surface area contributed by atoms with Crippen LogP contribution in [0.1, 0.15) is 41.3 Å². The molecule has 0 fully saturated rings. The molecule has 2 aliphatic heterocycles. The minimum Gasteiger partial charge on any atom is -0.333 e. The first-order chi connectivity index (χ1) is 15.6. The molecular formula is C24H21F4N3O2. The molecule has 0 bridgehead atoms. The Hall–Kier alpha value is -3.49. The predicted molar refractivity (Wildman–Crippen MR) is 115 cm³/mol. The Morgan fingerprint density at radius 2 is 1.79 bits per heavy atom. The van der Waals surface area contributed by atoms with Gasteiger partial charge in [0, 0.05) is 48.6 Å². The molecule has 2 aromatic carbocycles. The second-order valence-electron chi connectivity index (χ2n) is 8.24. The van der Waals surface area contributed by atoms with Gasteiger partial charge in [0.2, 0.25) is 0 Å². The number of halogens is 4. The van der Waals surface area contributed by atoms with Crippen LogP contribution in [-0.2, 0) is 10.7 Å². The van der Waals surface area contributed by atoms with Crippen molar-refractivity contribution in [3.63, 3.8) is 0 Å². The number of amides is 2. The lowest BCUT2D eigenvalue weighted by molar-refractivity contribution is -0.159. The number of benzene rings is 2. The molecule has 0 saturated heterocycles. The first kappa shape index (κ1) is 22.7. The number of rotatable bonds is 4. The molecule has 9 heteroatoms. The summed E-state index contributed by atoms with van der Waals surface area (Å²) in [6, 6.07) is 6.30. The second kappa shape index (κ2) is 8.46. The number of hydrogen-bond acceptors (Lipinski definition) is 3. The van der Waals surface area contributed by atoms with E-state index in [1.54, 1.807) is 0 Å². The van der Waals surface area contributed by atoms with Crippen LogP contribution in [0, 0.1) is 18.6 Å². The lowest BCUT2D eigenvalue weighted by Gasteiger charge is -2.31. The normalized spacial score (nSPS) is 15.9. The molecule has 0 aliphatic carbocycles. The summed E-state index contributed by atoms with van der Waals surface area (Å²) in [5.74, 6) is -8.24. The van der Waals surface area contributed by atoms with Crippen molar-refractivity contribution in [3.8, 4) is 0 Å². The van der Waals surface area contributed by atoms with Gasteiger partial charge in [-0.05, 0) is 61.4 Å². The summed E-state index contributed by atoms with van der Waals surface area (Å²) in [7, 11) is 0. The van der Waals surface area contributed by atoms with E-state index in [4.69, 9.17) is 0 Å². The van der Waals surface area contributed by atoms with Crippen molar-refractivity contribution in [2.24, 2.45) is 4.99 Å². The standard InChI is InChI=1S/C24H21F4N3O2/c1-13-9-17(4-6-19(13)25)30-22(32)15-3-5-20(26)18(11-15)24(27,28)23(33)31-8-7-21-16(12-31)10-14(2)29-21/h3-6,9,11H,7-8,10,12H2,1-2H3,(H,30,32). The highest BCUT2D eigenvalue weighted by Gasteiger charge is 2.47. The van der Waals surface area contributed by atoms with Crippen LogP contribution >= 0.6 is 0 Å². The Labute approximate surface area is 187 Å². The van der Waals surface area contributed by atoms with E-state index in [1.807, 2.05) is 6.92 Å². The van der Waals surface area contributed by atoms with E-state index < -0.39 is 34.9 Å². The Bertz CT molecular complexity index is 1220. The largest absolute Gasteiger partial charge is 0.352 e. The minimum absolute atomic E-state index is 0.0102. The summed E-state index contributed by atoms with van der Waals surface area (Å²) in [5.41, 5.74) is 1.60. The van der Waals surface area contributed by atoms with Crippen LogP contribution in [0.25, 0.3) is 0 Å². The molecule has 5 nitrogen and oxygen atoms in total. The first-order valence-electron chi connectivity index (χ1n) is 10.4. The number of aliphatic imine (C=N–C) groups is 1. The van der Waals surface area contributed by atoms with Gasteiger partial charge in [0.05, 0.1) is 5.56 Å². The van der Waals surface area contributed by atoms with E-state index in [-0.39, 0.29) is 29.9 Å². The zero-order valence-electron chi connectivity index (χ0n) is 18.0. The molecule has 2 aliphatic rings. The maximum absolute atomic E-state index is 15.1. The summed E-state index contributed by atoms with van der Waals surface area (Å²) in [5, 5.41) is 2.46. The average molecular weight is 459 g/mol. The van der Waals surface area contributed by atoms with E-state index in [9.17, 15) is 18.4 Å². The second-order valence-corrected chi connectivity index (χ2v) is 8.24. The van der Waals surface area contributed by atoms with Crippen LogP contribution in [0.3, 0.4) is 0 Å². The Balaban J connectivity index is 1.55. The maximum Gasteiger partial charge on any atom is 0.352 e. The number of nitrogens with one attached hydrogen (secondary N) is 1. The van der Waals surface area contributed by atoms with Crippen LogP contribution in [-0.4, -0.2) is 35.5 Å². The Morgan fingerprint density at radius 1 is 1.06 bits per heavy atom. The maximum atomic E-state index is 15.1. The van der Waals surface area contributed by atoms with Crippen molar-refractivity contribution >= 4 is 23.2 Å². The van der Waals surface area contributed by atoms with Gasteiger partial charge in [-0.3, -0.25) is 14.6 Å². The van der Waals surface area contributed by atoms with Crippen molar-refractivity contribution in [2.75, 3.05) is 18.4 Å². The van der Waals surface area contributed by atoms with Crippen molar-refractivity contribution < 1.29 is 27.2 Å². The van der Waals surface area contributed by atoms with E-state index in [2.05, 4.69) is 10.3 Å². The molecule has 2 aromatic rings. The molecule has 0 atom stereocenters. The van der Waals surface area contributed by atoms with Gasteiger partial charge < -0.3 is 10.2 Å². The molecular weight excluding hydrogens is 438 g/mol. The summed E-state index contributed by atoms with van der Waals surface area (Å²) in [4.78, 5) is 30.6. The van der Waals surface area contributed by atoms with Crippen molar-refractivity contribution in [1.82, 2.24) is 4.90 Å². The predicted octanol–water partition coefficient (Wildman–Crippen LogP) is 4.97. The fraction of sp³-hybridized carbons (Fsp3) is 0.292. The molecule has 0 radical (unpaired) electrons. The number of carbonyl (C=O) groups is 2. The lowest BCUT2D eigenvalue weighted by Crippen LogP contribution is -2.45. The molecule has 1 N–H and O–H groups in total. The van der Waals surface area contributed by atoms with Crippen LogP contribution < -0.4 is 5.32 Å². The average Bonchev–Trinajstić information content (AvgIpc) is 3.15. The van der Waals surface area contributed by atoms with E-state index in [0.717, 1.165) is 40.1 Å². The van der Waals surface area contributed by atoms with Crippen LogP contribution in [0.2, 0.25) is 0 Å². The number of alkyl halides is 2. The van der Waals surface area contributed by atoms with E-state index >= 15 is 8.78 Å². The van der Waals surface area contributed by atoms with Gasteiger partial charge >= 0.3 is 5.92 Å². The minimum atomic E-state index is -4.17. The molecule has 4 rings (SSSR count). The topological polar surface area (TPSA) is 61.8 Å².